The summed E-state index contributed by atoms with van der Waals surface area (Å²) in [4.78, 5) is 38.4. The molecule has 0 aliphatic carbocycles. The molecule has 2 fully saturated rings. The second kappa shape index (κ2) is 9.74. The van der Waals surface area contributed by atoms with E-state index in [1.807, 2.05) is 68.4 Å². The maximum absolute atomic E-state index is 12.8. The van der Waals surface area contributed by atoms with E-state index in [0.717, 1.165) is 47.5 Å². The van der Waals surface area contributed by atoms with Crippen molar-refractivity contribution in [3.05, 3.63) is 66.0 Å². The van der Waals surface area contributed by atoms with Crippen LogP contribution in [0.3, 0.4) is 0 Å². The Balaban J connectivity index is 1.20. The van der Waals surface area contributed by atoms with Gasteiger partial charge in [0.25, 0.3) is 0 Å². The molecule has 3 aromatic rings. The lowest BCUT2D eigenvalue weighted by molar-refractivity contribution is -0.122. The molecule has 35 heavy (non-hydrogen) atoms. The molecule has 2 amide bonds. The van der Waals surface area contributed by atoms with Gasteiger partial charge in [0.2, 0.25) is 11.8 Å². The maximum Gasteiger partial charge on any atom is 0.229 e. The fraction of sp³-hybridized carbons (Fsp3) is 0.333. The molecule has 1 unspecified atom stereocenters. The van der Waals surface area contributed by atoms with Crippen LogP contribution in [0.25, 0.3) is 0 Å². The summed E-state index contributed by atoms with van der Waals surface area (Å²) in [7, 11) is 0. The topological polar surface area (TPSA) is 90.5 Å². The van der Waals surface area contributed by atoms with Crippen LogP contribution in [0, 0.1) is 19.8 Å². The van der Waals surface area contributed by atoms with Gasteiger partial charge in [0.15, 0.2) is 0 Å². The number of carbonyl (C=O) groups excluding carboxylic acids is 2. The first-order chi connectivity index (χ1) is 16.9. The summed E-state index contributed by atoms with van der Waals surface area (Å²) < 4.78 is 0. The van der Waals surface area contributed by atoms with Gasteiger partial charge in [0.05, 0.1) is 5.92 Å². The van der Waals surface area contributed by atoms with Crippen LogP contribution in [0.15, 0.2) is 54.6 Å². The molecular weight excluding hydrogens is 440 g/mol. The molecule has 2 N–H and O–H groups in total. The highest BCUT2D eigenvalue weighted by Gasteiger charge is 2.35. The summed E-state index contributed by atoms with van der Waals surface area (Å²) in [6.07, 6.45) is 2.60. The highest BCUT2D eigenvalue weighted by atomic mass is 16.2. The van der Waals surface area contributed by atoms with E-state index in [9.17, 15) is 9.59 Å². The normalized spacial score (nSPS) is 17.7. The minimum atomic E-state index is -0.380. The molecule has 8 heteroatoms. The molecule has 1 aromatic heterocycles. The average molecular weight is 471 g/mol. The van der Waals surface area contributed by atoms with Gasteiger partial charge in [-0.15, -0.1) is 0 Å². The summed E-state index contributed by atoms with van der Waals surface area (Å²) in [5, 5.41) is 6.29. The maximum atomic E-state index is 12.8. The Kier molecular flexibility index (Phi) is 6.35. The van der Waals surface area contributed by atoms with Gasteiger partial charge in [-0.25, -0.2) is 9.97 Å². The lowest BCUT2D eigenvalue weighted by atomic mass is 10.1. The monoisotopic (exact) mass is 470 g/mol. The van der Waals surface area contributed by atoms with E-state index in [1.54, 1.807) is 4.90 Å². The summed E-state index contributed by atoms with van der Waals surface area (Å²) in [5.74, 6) is 1.88. The average Bonchev–Trinajstić information content (AvgIpc) is 3.51. The van der Waals surface area contributed by atoms with Gasteiger partial charge in [-0.2, -0.15) is 0 Å². The number of aromatic nitrogens is 2. The predicted octanol–water partition coefficient (Wildman–Crippen LogP) is 4.43. The second-order valence-electron chi connectivity index (χ2n) is 9.29. The number of aryl methyl sites for hydroxylation is 2. The van der Waals surface area contributed by atoms with Crippen LogP contribution in [-0.2, 0) is 9.59 Å². The van der Waals surface area contributed by atoms with Gasteiger partial charge in [-0.1, -0.05) is 17.7 Å². The zero-order chi connectivity index (χ0) is 24.4. The molecule has 0 radical (unpaired) electrons. The van der Waals surface area contributed by atoms with Gasteiger partial charge < -0.3 is 20.4 Å². The van der Waals surface area contributed by atoms with Crippen LogP contribution in [-0.4, -0.2) is 41.4 Å². The second-order valence-corrected chi connectivity index (χ2v) is 9.29. The van der Waals surface area contributed by atoms with E-state index >= 15 is 0 Å². The van der Waals surface area contributed by atoms with Crippen molar-refractivity contribution in [3.8, 4) is 0 Å². The number of amides is 2. The largest absolute Gasteiger partial charge is 0.356 e. The van der Waals surface area contributed by atoms with Gasteiger partial charge in [-0.05, 0) is 63.1 Å². The number of anilines is 5. The van der Waals surface area contributed by atoms with E-state index < -0.39 is 0 Å². The number of carbonyl (C=O) groups is 2. The number of rotatable bonds is 6. The third-order valence-corrected chi connectivity index (χ3v) is 6.52. The summed E-state index contributed by atoms with van der Waals surface area (Å²) in [5.41, 5.74) is 3.53. The highest BCUT2D eigenvalue weighted by molar-refractivity contribution is 6.03. The lowest BCUT2D eigenvalue weighted by Crippen LogP contribution is -2.28. The molecule has 3 heterocycles. The number of nitrogens with one attached hydrogen (secondary N) is 2. The molecule has 2 aromatic carbocycles. The molecule has 2 aliphatic rings. The first kappa shape index (κ1) is 22.8. The quantitative estimate of drug-likeness (QED) is 0.554. The van der Waals surface area contributed by atoms with Crippen LogP contribution < -0.4 is 20.4 Å². The third-order valence-electron chi connectivity index (χ3n) is 6.52. The molecule has 0 saturated carbocycles. The number of hydrogen-bond donors (Lipinski definition) is 2. The van der Waals surface area contributed by atoms with Crippen LogP contribution in [0.1, 0.15) is 30.7 Å². The first-order valence-corrected chi connectivity index (χ1v) is 12.1. The Hall–Kier alpha value is -3.94. The fourth-order valence-electron chi connectivity index (χ4n) is 4.61. The van der Waals surface area contributed by atoms with E-state index in [1.165, 1.54) is 12.8 Å². The Labute approximate surface area is 205 Å². The Bertz CT molecular complexity index is 1220. The van der Waals surface area contributed by atoms with Crippen molar-refractivity contribution in [2.24, 2.45) is 5.92 Å². The molecule has 0 bridgehead atoms. The van der Waals surface area contributed by atoms with Gasteiger partial charge >= 0.3 is 0 Å². The molecule has 2 saturated heterocycles. The van der Waals surface area contributed by atoms with Gasteiger partial charge in [-0.3, -0.25) is 9.59 Å². The zero-order valence-electron chi connectivity index (χ0n) is 20.1. The molecule has 1 atom stereocenters. The van der Waals surface area contributed by atoms with Crippen molar-refractivity contribution in [1.29, 1.82) is 0 Å². The van der Waals surface area contributed by atoms with Crippen LogP contribution >= 0.6 is 0 Å². The van der Waals surface area contributed by atoms with Crippen LogP contribution in [0.5, 0.6) is 0 Å². The van der Waals surface area contributed by atoms with Crippen molar-refractivity contribution >= 4 is 40.5 Å². The fourth-order valence-corrected chi connectivity index (χ4v) is 4.61. The predicted molar refractivity (Wildman–Crippen MR) is 138 cm³/mol. The van der Waals surface area contributed by atoms with Crippen molar-refractivity contribution in [2.75, 3.05) is 40.1 Å². The van der Waals surface area contributed by atoms with Gasteiger partial charge in [0.1, 0.15) is 17.5 Å². The van der Waals surface area contributed by atoms with E-state index in [0.29, 0.717) is 12.2 Å². The standard InChI is InChI=1S/C27H30N6O2/c1-18-5-11-23(12-6-18)33-17-20(15-26(33)34)27(35)31-22-9-7-21(8-10-22)30-24-16-25(29-19(2)28-24)32-13-3-4-14-32/h5-12,16,20H,3-4,13-15,17H2,1-2H3,(H,31,35)(H,28,29,30). The van der Waals surface area contributed by atoms with Crippen LogP contribution in [0.4, 0.5) is 28.7 Å². The van der Waals surface area contributed by atoms with Crippen molar-refractivity contribution in [3.63, 3.8) is 0 Å². The lowest BCUT2D eigenvalue weighted by Gasteiger charge is -2.18. The van der Waals surface area contributed by atoms with Gasteiger partial charge in [0, 0.05) is 49.2 Å². The van der Waals surface area contributed by atoms with Crippen molar-refractivity contribution in [2.45, 2.75) is 33.1 Å². The number of hydrogen-bond acceptors (Lipinski definition) is 6. The number of benzene rings is 2. The van der Waals surface area contributed by atoms with Crippen molar-refractivity contribution in [1.82, 2.24) is 9.97 Å². The SMILES string of the molecule is Cc1ccc(N2CC(C(=O)Nc3ccc(Nc4cc(N5CCCC5)nc(C)n4)cc3)CC2=O)cc1. The molecular formula is C27H30N6O2. The zero-order valence-corrected chi connectivity index (χ0v) is 20.1. The molecule has 180 valence electrons. The Morgan fingerprint density at radius 2 is 1.63 bits per heavy atom. The van der Waals surface area contributed by atoms with E-state index in [2.05, 4.69) is 25.5 Å². The number of nitrogens with zero attached hydrogens (tertiary/aromatic N) is 4. The first-order valence-electron chi connectivity index (χ1n) is 12.1. The third kappa shape index (κ3) is 5.26. The molecule has 5 rings (SSSR count). The molecule has 8 nitrogen and oxygen atoms in total. The van der Waals surface area contributed by atoms with Crippen molar-refractivity contribution < 1.29 is 9.59 Å². The minimum Gasteiger partial charge on any atom is -0.356 e. The molecule has 0 spiro atoms. The Morgan fingerprint density at radius 1 is 0.943 bits per heavy atom. The summed E-state index contributed by atoms with van der Waals surface area (Å²) >= 11 is 0. The summed E-state index contributed by atoms with van der Waals surface area (Å²) in [6.45, 7) is 6.35. The van der Waals surface area contributed by atoms with Crippen LogP contribution in [0.2, 0.25) is 0 Å². The van der Waals surface area contributed by atoms with E-state index in [-0.39, 0.29) is 24.2 Å². The minimum absolute atomic E-state index is 0.0259. The smallest absolute Gasteiger partial charge is 0.229 e. The Morgan fingerprint density at radius 3 is 2.34 bits per heavy atom. The summed E-state index contributed by atoms with van der Waals surface area (Å²) in [6, 6.07) is 17.3. The molecule has 2 aliphatic heterocycles. The highest BCUT2D eigenvalue weighted by Crippen LogP contribution is 2.27. The van der Waals surface area contributed by atoms with E-state index in [4.69, 9.17) is 0 Å².